The number of carbonyl (C=O) groups excluding carboxylic acids is 2. The molecule has 39 heavy (non-hydrogen) atoms. The number of carboxylic acid groups (broad SMARTS) is 1. The number of ether oxygens (including phenoxy) is 1. The quantitative estimate of drug-likeness (QED) is 0.372. The standard InChI is InChI=1S/C29H27N5O5/c35-26(36)15-24(17-5-7-25-18(12-17)8-11-39-25)34-16-20-4-6-22(14-23(20)28(34)38)32-27(37)19-2-1-3-21(13-19)33-29-30-9-10-31-29/h1-7,12-14,24H,8-11,15-16H2,(H,32,37)(H,35,36)(H2,30,31,33). The maximum Gasteiger partial charge on any atom is 0.305 e. The van der Waals surface area contributed by atoms with Crippen LogP contribution in [-0.2, 0) is 17.8 Å². The fourth-order valence-electron chi connectivity index (χ4n) is 5.20. The van der Waals surface area contributed by atoms with Gasteiger partial charge in [0.05, 0.1) is 25.6 Å². The van der Waals surface area contributed by atoms with Crippen molar-refractivity contribution in [1.82, 2.24) is 10.2 Å². The highest BCUT2D eigenvalue weighted by Gasteiger charge is 2.35. The minimum Gasteiger partial charge on any atom is -0.493 e. The van der Waals surface area contributed by atoms with Crippen molar-refractivity contribution < 1.29 is 24.2 Å². The maximum atomic E-state index is 13.5. The second kappa shape index (κ2) is 10.1. The second-order valence-electron chi connectivity index (χ2n) is 9.70. The largest absolute Gasteiger partial charge is 0.493 e. The van der Waals surface area contributed by atoms with Gasteiger partial charge in [-0.1, -0.05) is 18.2 Å². The Hall–Kier alpha value is -4.86. The summed E-state index contributed by atoms with van der Waals surface area (Å²) in [6.45, 7) is 2.37. The molecule has 198 valence electrons. The third-order valence-electron chi connectivity index (χ3n) is 7.10. The van der Waals surface area contributed by atoms with E-state index in [1.165, 1.54) is 0 Å². The number of nitrogens with zero attached hydrogens (tertiary/aromatic N) is 2. The molecule has 0 spiro atoms. The van der Waals surface area contributed by atoms with Gasteiger partial charge in [-0.2, -0.15) is 0 Å². The van der Waals surface area contributed by atoms with Crippen LogP contribution in [0.25, 0.3) is 0 Å². The van der Waals surface area contributed by atoms with Crippen LogP contribution in [0.3, 0.4) is 0 Å². The van der Waals surface area contributed by atoms with E-state index in [0.717, 1.165) is 41.1 Å². The summed E-state index contributed by atoms with van der Waals surface area (Å²) in [5, 5.41) is 18.8. The first-order valence-corrected chi connectivity index (χ1v) is 12.8. The van der Waals surface area contributed by atoms with Crippen LogP contribution >= 0.6 is 0 Å². The van der Waals surface area contributed by atoms with Crippen molar-refractivity contribution in [3.63, 3.8) is 0 Å². The van der Waals surface area contributed by atoms with Crippen LogP contribution < -0.4 is 20.7 Å². The third-order valence-corrected chi connectivity index (χ3v) is 7.10. The van der Waals surface area contributed by atoms with Crippen molar-refractivity contribution in [2.75, 3.05) is 30.3 Å². The molecule has 3 aliphatic rings. The lowest BCUT2D eigenvalue weighted by Gasteiger charge is -2.27. The Labute approximate surface area is 224 Å². The molecule has 6 rings (SSSR count). The summed E-state index contributed by atoms with van der Waals surface area (Å²) in [6, 6.07) is 17.3. The SMILES string of the molecule is O=C(O)CC(c1ccc2c(c1)CCO2)N1Cc2ccc(NC(=O)c3cccc(NC4=NCCN4)c3)cc2C1=O. The van der Waals surface area contributed by atoms with Gasteiger partial charge >= 0.3 is 5.97 Å². The van der Waals surface area contributed by atoms with Crippen molar-refractivity contribution in [1.29, 1.82) is 0 Å². The van der Waals surface area contributed by atoms with Crippen molar-refractivity contribution in [3.05, 3.63) is 88.5 Å². The lowest BCUT2D eigenvalue weighted by atomic mass is 9.99. The number of hydrogen-bond acceptors (Lipinski definition) is 7. The topological polar surface area (TPSA) is 132 Å². The number of carboxylic acids is 1. The summed E-state index contributed by atoms with van der Waals surface area (Å²) in [7, 11) is 0. The molecule has 1 atom stereocenters. The zero-order valence-corrected chi connectivity index (χ0v) is 21.1. The molecule has 1 unspecified atom stereocenters. The Balaban J connectivity index is 1.20. The molecule has 0 saturated carbocycles. The van der Waals surface area contributed by atoms with Crippen molar-refractivity contribution in [2.45, 2.75) is 25.4 Å². The zero-order valence-electron chi connectivity index (χ0n) is 21.1. The molecule has 3 aromatic rings. The minimum absolute atomic E-state index is 0.213. The molecular weight excluding hydrogens is 498 g/mol. The van der Waals surface area contributed by atoms with E-state index >= 15 is 0 Å². The molecular formula is C29H27N5O5. The normalized spacial score (nSPS) is 16.1. The number of hydrogen-bond donors (Lipinski definition) is 4. The Kier molecular flexibility index (Phi) is 6.36. The summed E-state index contributed by atoms with van der Waals surface area (Å²) < 4.78 is 5.58. The van der Waals surface area contributed by atoms with Gasteiger partial charge in [0.25, 0.3) is 11.8 Å². The predicted octanol–water partition coefficient (Wildman–Crippen LogP) is 3.42. The average molecular weight is 526 g/mol. The fraction of sp³-hybridized carbons (Fsp3) is 0.241. The zero-order chi connectivity index (χ0) is 26.9. The lowest BCUT2D eigenvalue weighted by Crippen LogP contribution is -2.31. The summed E-state index contributed by atoms with van der Waals surface area (Å²) in [5.41, 5.74) is 4.70. The van der Waals surface area contributed by atoms with Crippen LogP contribution in [0, 0.1) is 0 Å². The van der Waals surface area contributed by atoms with E-state index in [1.54, 1.807) is 41.3 Å². The number of aliphatic carboxylic acids is 1. The Morgan fingerprint density at radius 1 is 1.08 bits per heavy atom. The van der Waals surface area contributed by atoms with E-state index < -0.39 is 12.0 Å². The molecule has 3 heterocycles. The molecule has 3 aromatic carbocycles. The van der Waals surface area contributed by atoms with Crippen LogP contribution in [0.1, 0.15) is 49.9 Å². The molecule has 10 heteroatoms. The van der Waals surface area contributed by atoms with Gasteiger partial charge in [-0.25, -0.2) is 0 Å². The lowest BCUT2D eigenvalue weighted by molar-refractivity contribution is -0.138. The van der Waals surface area contributed by atoms with Gasteiger partial charge < -0.3 is 30.7 Å². The van der Waals surface area contributed by atoms with Gasteiger partial charge in [0.15, 0.2) is 5.96 Å². The highest BCUT2D eigenvalue weighted by molar-refractivity contribution is 6.07. The van der Waals surface area contributed by atoms with E-state index in [0.29, 0.717) is 42.5 Å². The molecule has 0 bridgehead atoms. The highest BCUT2D eigenvalue weighted by Crippen LogP contribution is 2.37. The molecule has 3 aliphatic heterocycles. The second-order valence-corrected chi connectivity index (χ2v) is 9.70. The van der Waals surface area contributed by atoms with Gasteiger partial charge in [-0.05, 0) is 59.2 Å². The van der Waals surface area contributed by atoms with E-state index in [-0.39, 0.29) is 18.2 Å². The van der Waals surface area contributed by atoms with Gasteiger partial charge in [-0.3, -0.25) is 19.4 Å². The molecule has 0 radical (unpaired) electrons. The first-order chi connectivity index (χ1) is 18.9. The van der Waals surface area contributed by atoms with Crippen molar-refractivity contribution in [2.24, 2.45) is 4.99 Å². The predicted molar refractivity (Wildman–Crippen MR) is 145 cm³/mol. The third kappa shape index (κ3) is 5.00. The van der Waals surface area contributed by atoms with Gasteiger partial charge in [0.1, 0.15) is 5.75 Å². The average Bonchev–Trinajstić information content (AvgIpc) is 3.68. The molecule has 0 fully saturated rings. The number of carbonyl (C=O) groups is 3. The molecule has 10 nitrogen and oxygen atoms in total. The van der Waals surface area contributed by atoms with Crippen LogP contribution in [0.15, 0.2) is 65.7 Å². The Morgan fingerprint density at radius 2 is 1.97 bits per heavy atom. The fourth-order valence-corrected chi connectivity index (χ4v) is 5.20. The number of aliphatic imine (C=N–C) groups is 1. The van der Waals surface area contributed by atoms with Crippen molar-refractivity contribution in [3.8, 4) is 5.75 Å². The summed E-state index contributed by atoms with van der Waals surface area (Å²) in [6.07, 6.45) is 0.542. The number of anilines is 2. The number of guanidine groups is 1. The Morgan fingerprint density at radius 3 is 2.79 bits per heavy atom. The van der Waals surface area contributed by atoms with Gasteiger partial charge in [0.2, 0.25) is 0 Å². The number of amides is 2. The van der Waals surface area contributed by atoms with E-state index in [9.17, 15) is 19.5 Å². The van der Waals surface area contributed by atoms with Crippen LogP contribution in [0.5, 0.6) is 5.75 Å². The number of fused-ring (bicyclic) bond motifs is 2. The minimum atomic E-state index is -0.985. The first-order valence-electron chi connectivity index (χ1n) is 12.8. The first kappa shape index (κ1) is 24.5. The Bertz CT molecular complexity index is 1520. The van der Waals surface area contributed by atoms with Gasteiger partial charge in [-0.15, -0.1) is 0 Å². The number of rotatable bonds is 7. The van der Waals surface area contributed by atoms with Gasteiger partial charge in [0, 0.05) is 42.0 Å². The van der Waals surface area contributed by atoms with Crippen LogP contribution in [0.4, 0.5) is 11.4 Å². The smallest absolute Gasteiger partial charge is 0.305 e. The molecule has 0 aliphatic carbocycles. The molecule has 2 amide bonds. The van der Waals surface area contributed by atoms with E-state index in [2.05, 4.69) is 20.9 Å². The summed E-state index contributed by atoms with van der Waals surface area (Å²) in [4.78, 5) is 44.2. The van der Waals surface area contributed by atoms with Crippen molar-refractivity contribution >= 4 is 35.1 Å². The monoisotopic (exact) mass is 525 g/mol. The summed E-state index contributed by atoms with van der Waals surface area (Å²) in [5.74, 6) is -0.0920. The molecule has 4 N–H and O–H groups in total. The number of benzene rings is 3. The van der Waals surface area contributed by atoms with Crippen LogP contribution in [-0.4, -0.2) is 53.4 Å². The molecule has 0 saturated heterocycles. The molecule has 0 aromatic heterocycles. The maximum absolute atomic E-state index is 13.5. The summed E-state index contributed by atoms with van der Waals surface area (Å²) >= 11 is 0. The highest BCUT2D eigenvalue weighted by atomic mass is 16.5. The van der Waals surface area contributed by atoms with E-state index in [4.69, 9.17) is 4.74 Å². The van der Waals surface area contributed by atoms with E-state index in [1.807, 2.05) is 24.3 Å². The number of nitrogens with one attached hydrogen (secondary N) is 3. The van der Waals surface area contributed by atoms with Crippen LogP contribution in [0.2, 0.25) is 0 Å².